The number of rotatable bonds is 11. The third-order valence-electron chi connectivity index (χ3n) is 17.8. The number of fused-ring (bicyclic) bond motifs is 7. The highest BCUT2D eigenvalue weighted by molar-refractivity contribution is 7.20. The van der Waals surface area contributed by atoms with Crippen LogP contribution in [0.4, 0.5) is 0 Å². The lowest BCUT2D eigenvalue weighted by molar-refractivity contribution is 0.466. The monoisotopic (exact) mass is 1100 g/mol. The maximum absolute atomic E-state index is 7.58. The Morgan fingerprint density at radius 2 is 0.583 bits per heavy atom. The molecule has 0 radical (unpaired) electrons. The average Bonchev–Trinajstić information content (AvgIpc) is 1.69. The van der Waals surface area contributed by atoms with E-state index in [9.17, 15) is 0 Å². The molecule has 0 spiro atoms. The SMILES string of the molecule is c1ccc([Si](c2ccccc2)(c2ccccc2)c2cccc(-c3cccc4c3Oc3cc(-n5c6ccccc6c6ccccc65)cc5c3B4c3cccc(-c4cccc([Si](c6ccccc6)(c6ccccc6)c6ccccc6)c4)c3O5)c2)cc1. The summed E-state index contributed by atoms with van der Waals surface area (Å²) in [6, 6.07) is 121. The minimum Gasteiger partial charge on any atom is -0.458 e. The van der Waals surface area contributed by atoms with Gasteiger partial charge in [-0.15, -0.1) is 0 Å². The van der Waals surface area contributed by atoms with E-state index < -0.39 is 16.1 Å². The van der Waals surface area contributed by atoms with Crippen LogP contribution in [0.25, 0.3) is 49.7 Å². The maximum atomic E-state index is 7.58. The Hall–Kier alpha value is -10.2. The third kappa shape index (κ3) is 7.72. The van der Waals surface area contributed by atoms with E-state index in [2.05, 4.69) is 332 Å². The van der Waals surface area contributed by atoms with Crippen LogP contribution in [-0.2, 0) is 0 Å². The summed E-state index contributed by atoms with van der Waals surface area (Å²) in [4.78, 5) is 0. The molecule has 0 unspecified atom stereocenters. The fourth-order valence-electron chi connectivity index (χ4n) is 14.3. The first kappa shape index (κ1) is 49.6. The van der Waals surface area contributed by atoms with Crippen molar-refractivity contribution in [1.29, 1.82) is 0 Å². The van der Waals surface area contributed by atoms with Gasteiger partial charge in [0.2, 0.25) is 0 Å². The molecule has 0 fully saturated rings. The van der Waals surface area contributed by atoms with Crippen molar-refractivity contribution in [3.63, 3.8) is 0 Å². The first-order valence-corrected chi connectivity index (χ1v) is 33.0. The van der Waals surface area contributed by atoms with Crippen LogP contribution in [0.15, 0.2) is 328 Å². The van der Waals surface area contributed by atoms with Crippen molar-refractivity contribution in [3.8, 4) is 50.9 Å². The number of aromatic nitrogens is 1. The van der Waals surface area contributed by atoms with E-state index in [1.165, 1.54) is 52.3 Å². The fourth-order valence-corrected chi connectivity index (χ4v) is 23.9. The lowest BCUT2D eigenvalue weighted by Crippen LogP contribution is -2.74. The maximum Gasteiger partial charge on any atom is 0.260 e. The summed E-state index contributed by atoms with van der Waals surface area (Å²) < 4.78 is 17.5. The molecule has 16 rings (SSSR count). The molecule has 0 atom stereocenters. The van der Waals surface area contributed by atoms with Gasteiger partial charge in [-0.3, -0.25) is 0 Å². The molecule has 0 bridgehead atoms. The van der Waals surface area contributed by atoms with E-state index in [0.29, 0.717) is 0 Å². The fraction of sp³-hybridized carbons (Fsp3) is 0. The summed E-state index contributed by atoms with van der Waals surface area (Å²) in [7, 11) is -5.75. The van der Waals surface area contributed by atoms with Gasteiger partial charge in [-0.1, -0.05) is 303 Å². The standard InChI is InChI=1S/C78H54BNO2Si2/c1-7-29-58(30-8-1)83(59-31-9-2-10-32-59,60-33-11-3-12-34-60)64-41-23-27-55(51-64)66-45-25-47-70-77(66)81-74-53-57(80-72-49-21-19-43-68(72)69-44-20-22-50-73(69)80)54-75-76(74)79(70)71-48-26-46-67(78(71)82-75)56-28-24-42-65(52-56)84(61-35-13-4-14-36-61,62-37-15-5-16-38-62)63-39-17-6-18-40-63/h1-54H. The molecule has 2 aliphatic rings. The molecule has 0 aliphatic carbocycles. The lowest BCUT2D eigenvalue weighted by atomic mass is 9.34. The van der Waals surface area contributed by atoms with Crippen LogP contribution >= 0.6 is 0 Å². The number of benzene rings is 13. The zero-order valence-electron chi connectivity index (χ0n) is 46.0. The van der Waals surface area contributed by atoms with E-state index in [-0.39, 0.29) is 6.71 Å². The Bertz CT molecular complexity index is 4290. The smallest absolute Gasteiger partial charge is 0.260 e. The van der Waals surface area contributed by atoms with E-state index in [4.69, 9.17) is 9.47 Å². The number of ether oxygens (including phenoxy) is 2. The van der Waals surface area contributed by atoms with Gasteiger partial charge in [0.25, 0.3) is 6.71 Å². The predicted octanol–water partition coefficient (Wildman–Crippen LogP) is 11.6. The van der Waals surface area contributed by atoms with E-state index in [1.54, 1.807) is 0 Å². The first-order chi connectivity index (χ1) is 41.7. The molecule has 6 heteroatoms. The first-order valence-electron chi connectivity index (χ1n) is 29.0. The van der Waals surface area contributed by atoms with Crippen molar-refractivity contribution < 1.29 is 9.47 Å². The second-order valence-corrected chi connectivity index (χ2v) is 29.8. The highest BCUT2D eigenvalue weighted by Crippen LogP contribution is 2.44. The van der Waals surface area contributed by atoms with Gasteiger partial charge in [0.05, 0.1) is 16.7 Å². The second kappa shape index (κ2) is 20.3. The minimum atomic E-state index is -2.88. The average molecular weight is 1100 g/mol. The predicted molar refractivity (Wildman–Crippen MR) is 357 cm³/mol. The van der Waals surface area contributed by atoms with Crippen molar-refractivity contribution in [1.82, 2.24) is 4.57 Å². The highest BCUT2D eigenvalue weighted by atomic mass is 28.3. The van der Waals surface area contributed by atoms with Crippen molar-refractivity contribution in [2.75, 3.05) is 0 Å². The Morgan fingerprint density at radius 1 is 0.274 bits per heavy atom. The Morgan fingerprint density at radius 3 is 0.940 bits per heavy atom. The Kier molecular flexibility index (Phi) is 12.0. The van der Waals surface area contributed by atoms with Gasteiger partial charge >= 0.3 is 0 Å². The molecule has 1 aromatic heterocycles. The molecule has 0 saturated carbocycles. The van der Waals surface area contributed by atoms with E-state index in [0.717, 1.165) is 78.4 Å². The van der Waals surface area contributed by atoms with Crippen LogP contribution in [0, 0.1) is 0 Å². The largest absolute Gasteiger partial charge is 0.458 e. The summed E-state index contributed by atoms with van der Waals surface area (Å²) in [6.45, 7) is -0.209. The van der Waals surface area contributed by atoms with Crippen LogP contribution in [0.5, 0.6) is 23.0 Å². The number of hydrogen-bond donors (Lipinski definition) is 0. The highest BCUT2D eigenvalue weighted by Gasteiger charge is 2.45. The van der Waals surface area contributed by atoms with Gasteiger partial charge in [0.15, 0.2) is 16.1 Å². The molecule has 14 aromatic rings. The van der Waals surface area contributed by atoms with Gasteiger partial charge in [0.1, 0.15) is 23.0 Å². The van der Waals surface area contributed by atoms with Crippen molar-refractivity contribution >= 4 is 103 Å². The number of nitrogens with zero attached hydrogens (tertiary/aromatic N) is 1. The van der Waals surface area contributed by atoms with Crippen LogP contribution in [0.1, 0.15) is 0 Å². The molecule has 3 nitrogen and oxygen atoms in total. The lowest BCUT2D eigenvalue weighted by Gasteiger charge is -2.36. The normalized spacial score (nSPS) is 12.5. The molecule has 0 amide bonds. The van der Waals surface area contributed by atoms with Gasteiger partial charge in [-0.2, -0.15) is 0 Å². The molecule has 3 heterocycles. The molecular formula is C78H54BNO2Si2. The van der Waals surface area contributed by atoms with Gasteiger partial charge in [0, 0.05) is 39.5 Å². The van der Waals surface area contributed by atoms with Crippen LogP contribution < -0.4 is 67.4 Å². The zero-order valence-corrected chi connectivity index (χ0v) is 48.0. The molecule has 0 N–H and O–H groups in total. The van der Waals surface area contributed by atoms with Gasteiger partial charge < -0.3 is 14.0 Å². The van der Waals surface area contributed by atoms with Crippen LogP contribution in [0.2, 0.25) is 0 Å². The van der Waals surface area contributed by atoms with Crippen LogP contribution in [0.3, 0.4) is 0 Å². The second-order valence-electron chi connectivity index (χ2n) is 22.2. The quantitative estimate of drug-likeness (QED) is 0.0952. The Labute approximate surface area is 492 Å². The summed E-state index contributed by atoms with van der Waals surface area (Å²) in [5.41, 5.74) is 10.7. The van der Waals surface area contributed by atoms with E-state index in [1.807, 2.05) is 0 Å². The van der Waals surface area contributed by atoms with Gasteiger partial charge in [-0.05, 0) is 75.7 Å². The summed E-state index contributed by atoms with van der Waals surface area (Å²) in [5, 5.41) is 13.0. The molecule has 13 aromatic carbocycles. The van der Waals surface area contributed by atoms with E-state index >= 15 is 0 Å². The summed E-state index contributed by atoms with van der Waals surface area (Å²) in [6.07, 6.45) is 0. The molecule has 84 heavy (non-hydrogen) atoms. The summed E-state index contributed by atoms with van der Waals surface area (Å²) in [5.74, 6) is 3.28. The summed E-state index contributed by atoms with van der Waals surface area (Å²) >= 11 is 0. The minimum absolute atomic E-state index is 0.209. The number of para-hydroxylation sites is 4. The molecule has 2 aliphatic heterocycles. The third-order valence-corrected chi connectivity index (χ3v) is 27.4. The topological polar surface area (TPSA) is 23.4 Å². The van der Waals surface area contributed by atoms with Gasteiger partial charge in [-0.25, -0.2) is 0 Å². The van der Waals surface area contributed by atoms with Crippen LogP contribution in [-0.4, -0.2) is 27.4 Å². The molecular weight excluding hydrogens is 1050 g/mol. The zero-order chi connectivity index (χ0) is 55.6. The van der Waals surface area contributed by atoms with Crippen molar-refractivity contribution in [3.05, 3.63) is 328 Å². The molecule has 0 saturated heterocycles. The van der Waals surface area contributed by atoms with Crippen molar-refractivity contribution in [2.24, 2.45) is 0 Å². The van der Waals surface area contributed by atoms with Crippen molar-refractivity contribution in [2.45, 2.75) is 0 Å². The Balaban J connectivity index is 0.922. The number of hydrogen-bond acceptors (Lipinski definition) is 2. The molecule has 394 valence electrons.